The van der Waals surface area contributed by atoms with Crippen molar-refractivity contribution in [3.63, 3.8) is 0 Å². The molecule has 4 rings (SSSR count). The molecule has 3 atom stereocenters. The van der Waals surface area contributed by atoms with E-state index in [-0.39, 0.29) is 60.5 Å². The van der Waals surface area contributed by atoms with Crippen LogP contribution in [0.15, 0.2) is 48.5 Å². The molecule has 0 radical (unpaired) electrons. The summed E-state index contributed by atoms with van der Waals surface area (Å²) in [5.74, 6) is 3.08. The van der Waals surface area contributed by atoms with Gasteiger partial charge in [0.15, 0.2) is 11.4 Å². The molecule has 4 aromatic rings. The highest BCUT2D eigenvalue weighted by Gasteiger charge is 2.28. The summed E-state index contributed by atoms with van der Waals surface area (Å²) in [6.07, 6.45) is 3.61. The Morgan fingerprint density at radius 2 is 0.957 bits per heavy atom. The summed E-state index contributed by atoms with van der Waals surface area (Å²) in [6, 6.07) is 14.2. The second-order valence-electron chi connectivity index (χ2n) is 19.1. The maximum atomic E-state index is 13.3. The Morgan fingerprint density at radius 1 is 0.565 bits per heavy atom. The zero-order valence-corrected chi connectivity index (χ0v) is 44.1. The Balaban J connectivity index is 0.000000365. The van der Waals surface area contributed by atoms with Crippen molar-refractivity contribution >= 4 is 23.6 Å². The normalized spacial score (nSPS) is 12.5. The van der Waals surface area contributed by atoms with Gasteiger partial charge in [-0.05, 0) is 92.7 Å². The fraction of sp³-hybridized carbons (Fsp3) is 0.585. The van der Waals surface area contributed by atoms with Gasteiger partial charge in [-0.25, -0.2) is 0 Å². The van der Waals surface area contributed by atoms with Crippen molar-refractivity contribution in [2.24, 2.45) is 23.7 Å². The molecular weight excluding hydrogens is 877 g/mol. The number of aromatic nitrogens is 4. The lowest BCUT2D eigenvalue weighted by Gasteiger charge is -2.21. The Bertz CT molecular complexity index is 2200. The fourth-order valence-electron chi connectivity index (χ4n) is 7.87. The number of hydrogen-bond donors (Lipinski definition) is 4. The Kier molecular flexibility index (Phi) is 23.6. The Morgan fingerprint density at radius 3 is 1.32 bits per heavy atom. The van der Waals surface area contributed by atoms with Crippen LogP contribution in [0.1, 0.15) is 142 Å². The predicted molar refractivity (Wildman–Crippen MR) is 273 cm³/mol. The quantitative estimate of drug-likeness (QED) is 0.0473. The smallest absolute Gasteiger partial charge is 0.272 e. The van der Waals surface area contributed by atoms with Gasteiger partial charge in [0.2, 0.25) is 11.8 Å². The molecule has 69 heavy (non-hydrogen) atoms. The van der Waals surface area contributed by atoms with Crippen LogP contribution in [-0.4, -0.2) is 96.8 Å². The number of carbonyl (C=O) groups is 4. The lowest BCUT2D eigenvalue weighted by atomic mass is 10.0. The number of methoxy groups -OCH3 is 4. The van der Waals surface area contributed by atoms with Crippen LogP contribution in [0.3, 0.4) is 0 Å². The molecule has 4 N–H and O–H groups in total. The summed E-state index contributed by atoms with van der Waals surface area (Å²) in [7, 11) is 6.43. The predicted octanol–water partition coefficient (Wildman–Crippen LogP) is 9.13. The van der Waals surface area contributed by atoms with Gasteiger partial charge in [-0.1, -0.05) is 81.4 Å². The molecule has 2 heterocycles. The average molecular weight is 959 g/mol. The molecule has 0 saturated heterocycles. The Hall–Kier alpha value is -6.06. The molecule has 0 aliphatic rings. The van der Waals surface area contributed by atoms with Gasteiger partial charge in [0.25, 0.3) is 11.8 Å². The van der Waals surface area contributed by atoms with Gasteiger partial charge in [-0.15, -0.1) is 0 Å². The molecule has 0 spiro atoms. The van der Waals surface area contributed by atoms with Crippen molar-refractivity contribution in [1.29, 1.82) is 0 Å². The molecular formula is C53H82N8O8. The zero-order valence-electron chi connectivity index (χ0n) is 44.1. The summed E-state index contributed by atoms with van der Waals surface area (Å²) in [6.45, 7) is 24.7. The number of ether oxygens (including phenoxy) is 4. The number of benzene rings is 2. The van der Waals surface area contributed by atoms with Crippen molar-refractivity contribution in [3.8, 4) is 45.5 Å². The van der Waals surface area contributed by atoms with E-state index in [1.165, 1.54) is 0 Å². The molecule has 1 unspecified atom stereocenters. The highest BCUT2D eigenvalue weighted by molar-refractivity contribution is 5.95. The number of amides is 4. The molecule has 16 heteroatoms. The molecule has 2 aromatic heterocycles. The summed E-state index contributed by atoms with van der Waals surface area (Å²) in [5, 5.41) is 21.2. The highest BCUT2D eigenvalue weighted by atomic mass is 16.5. The van der Waals surface area contributed by atoms with E-state index >= 15 is 0 Å². The van der Waals surface area contributed by atoms with Gasteiger partial charge in [-0.2, -0.15) is 10.2 Å². The number of hydrogen-bond acceptors (Lipinski definition) is 10. The first-order valence-corrected chi connectivity index (χ1v) is 24.6. The SMILES string of the molecule is CCCNC(=O)C[C@H](CC(C)C)NC(=O)c1cc(-c2c(OC)cccc2OC)n(C(C)C(C)C)n1.CCCNC(=O)C[C@H](CC(C)C)NC(=O)c1cc(-c2c(OC)cccc2OC)n(CC(C)C)n1. The van der Waals surface area contributed by atoms with Gasteiger partial charge in [0.1, 0.15) is 23.0 Å². The van der Waals surface area contributed by atoms with E-state index < -0.39 is 0 Å². The van der Waals surface area contributed by atoms with Crippen LogP contribution in [0.2, 0.25) is 0 Å². The second kappa shape index (κ2) is 28.4. The van der Waals surface area contributed by atoms with Gasteiger partial charge < -0.3 is 40.2 Å². The summed E-state index contributed by atoms with van der Waals surface area (Å²) in [4.78, 5) is 51.2. The van der Waals surface area contributed by atoms with Crippen molar-refractivity contribution in [2.45, 2.75) is 139 Å². The average Bonchev–Trinajstić information content (AvgIpc) is 3.93. The van der Waals surface area contributed by atoms with Crippen LogP contribution in [0.4, 0.5) is 0 Å². The Labute approximate surface area is 411 Å². The minimum Gasteiger partial charge on any atom is -0.496 e. The fourth-order valence-corrected chi connectivity index (χ4v) is 7.87. The monoisotopic (exact) mass is 959 g/mol. The van der Waals surface area contributed by atoms with E-state index in [1.807, 2.05) is 59.6 Å². The molecule has 0 aliphatic carbocycles. The third-order valence-electron chi connectivity index (χ3n) is 11.4. The van der Waals surface area contributed by atoms with Crippen molar-refractivity contribution in [1.82, 2.24) is 40.8 Å². The van der Waals surface area contributed by atoms with Crippen molar-refractivity contribution in [3.05, 3.63) is 59.9 Å². The third kappa shape index (κ3) is 17.1. The number of nitrogens with one attached hydrogen (secondary N) is 4. The first-order chi connectivity index (χ1) is 32.8. The maximum absolute atomic E-state index is 13.3. The van der Waals surface area contributed by atoms with E-state index in [1.54, 1.807) is 40.6 Å². The summed E-state index contributed by atoms with van der Waals surface area (Å²) >= 11 is 0. The van der Waals surface area contributed by atoms with E-state index in [2.05, 4.69) is 88.7 Å². The lowest BCUT2D eigenvalue weighted by Crippen LogP contribution is -2.40. The first kappa shape index (κ1) is 57.3. The van der Waals surface area contributed by atoms with Crippen LogP contribution in [0, 0.1) is 23.7 Å². The van der Waals surface area contributed by atoms with E-state index in [0.717, 1.165) is 35.4 Å². The zero-order chi connectivity index (χ0) is 51.4. The molecule has 4 amide bonds. The van der Waals surface area contributed by atoms with Crippen molar-refractivity contribution in [2.75, 3.05) is 41.5 Å². The van der Waals surface area contributed by atoms with E-state index in [4.69, 9.17) is 24.0 Å². The molecule has 2 aromatic carbocycles. The van der Waals surface area contributed by atoms with Gasteiger partial charge >= 0.3 is 0 Å². The molecule has 0 saturated carbocycles. The van der Waals surface area contributed by atoms with Crippen LogP contribution in [-0.2, 0) is 16.1 Å². The largest absolute Gasteiger partial charge is 0.496 e. The van der Waals surface area contributed by atoms with E-state index in [0.29, 0.717) is 84.6 Å². The lowest BCUT2D eigenvalue weighted by molar-refractivity contribution is -0.122. The van der Waals surface area contributed by atoms with Crippen LogP contribution in [0.25, 0.3) is 22.5 Å². The first-order valence-electron chi connectivity index (χ1n) is 24.6. The summed E-state index contributed by atoms with van der Waals surface area (Å²) in [5.41, 5.74) is 3.57. The van der Waals surface area contributed by atoms with Crippen LogP contribution >= 0.6 is 0 Å². The summed E-state index contributed by atoms with van der Waals surface area (Å²) < 4.78 is 26.1. The molecule has 0 aliphatic heterocycles. The number of nitrogens with zero attached hydrogens (tertiary/aromatic N) is 4. The molecule has 0 fully saturated rings. The highest BCUT2D eigenvalue weighted by Crippen LogP contribution is 2.41. The number of carbonyl (C=O) groups excluding carboxylic acids is 4. The van der Waals surface area contributed by atoms with Gasteiger partial charge in [0.05, 0.1) is 57.0 Å². The van der Waals surface area contributed by atoms with Gasteiger partial charge in [-0.3, -0.25) is 28.5 Å². The molecule has 382 valence electrons. The van der Waals surface area contributed by atoms with Crippen LogP contribution < -0.4 is 40.2 Å². The minimum absolute atomic E-state index is 0.0208. The van der Waals surface area contributed by atoms with E-state index in [9.17, 15) is 19.2 Å². The van der Waals surface area contributed by atoms with Gasteiger partial charge in [0, 0.05) is 44.6 Å². The number of rotatable bonds is 26. The van der Waals surface area contributed by atoms with Crippen LogP contribution in [0.5, 0.6) is 23.0 Å². The topological polar surface area (TPSA) is 189 Å². The molecule has 16 nitrogen and oxygen atoms in total. The minimum atomic E-state index is -0.302. The standard InChI is InChI=1S/C27H42N4O4.C26H40N4O4/c1-9-13-28-25(32)15-20(14-17(2)3)29-27(33)21-16-22(31(30-21)19(6)18(4)5)26-23(34-7)11-10-12-24(26)35-8;1-8-12-27-24(31)14-19(13-17(2)3)28-26(32)20-15-21(30(29-20)16-18(4)5)25-22(33-6)10-9-11-23(25)34-7/h10-12,16-20H,9,13-15H2,1-8H3,(H,28,32)(H,29,33);9-11,15,17-19H,8,12-14,16H2,1-7H3,(H,27,31)(H,28,32)/t19?,20-;19-/m00/s1. The molecule has 0 bridgehead atoms. The second-order valence-corrected chi connectivity index (χ2v) is 19.1. The maximum Gasteiger partial charge on any atom is 0.272 e. The third-order valence-corrected chi connectivity index (χ3v) is 11.4. The van der Waals surface area contributed by atoms with Crippen molar-refractivity contribution < 1.29 is 38.1 Å².